The van der Waals surface area contributed by atoms with E-state index in [1.165, 1.54) is 12.1 Å². The van der Waals surface area contributed by atoms with Crippen molar-refractivity contribution in [3.8, 4) is 0 Å². The Morgan fingerprint density at radius 3 is 2.44 bits per heavy atom. The van der Waals surface area contributed by atoms with Crippen LogP contribution in [0.1, 0.15) is 51.4 Å². The lowest BCUT2D eigenvalue weighted by molar-refractivity contribution is -0.616. The van der Waals surface area contributed by atoms with Gasteiger partial charge in [0, 0.05) is 62.3 Å². The number of anilines is 1. The number of carbonyl (C=O) groups excluding carboxylic acids is 1. The summed E-state index contributed by atoms with van der Waals surface area (Å²) in [7, 11) is 0. The van der Waals surface area contributed by atoms with Crippen LogP contribution in [0.2, 0.25) is 0 Å². The summed E-state index contributed by atoms with van der Waals surface area (Å²) in [6.07, 6.45) is 2.09. The molecule has 41 heavy (non-hydrogen) atoms. The van der Waals surface area contributed by atoms with Gasteiger partial charge in [-0.3, -0.25) is 14.6 Å². The number of nitrogens with zero attached hydrogens (tertiary/aromatic N) is 4. The van der Waals surface area contributed by atoms with Gasteiger partial charge in [-0.05, 0) is 58.4 Å². The van der Waals surface area contributed by atoms with Crippen LogP contribution in [0.15, 0.2) is 36.5 Å². The number of pyridine rings is 1. The molecule has 4 heterocycles. The molecule has 2 fully saturated rings. The van der Waals surface area contributed by atoms with E-state index < -0.39 is 5.41 Å². The molecule has 2 saturated heterocycles. The summed E-state index contributed by atoms with van der Waals surface area (Å²) in [5.41, 5.74) is 2.57. The Kier molecular flexibility index (Phi) is 11.0. The van der Waals surface area contributed by atoms with E-state index in [2.05, 4.69) is 35.9 Å². The first kappa shape index (κ1) is 33.5. The first-order valence-electron chi connectivity index (χ1n) is 14.1. The van der Waals surface area contributed by atoms with Crippen LogP contribution in [0.25, 0.3) is 0 Å². The topological polar surface area (TPSA) is 75.0 Å². The number of nitrogens with one attached hydrogen (secondary N) is 1. The number of fused-ring (bicyclic) bond motifs is 1. The van der Waals surface area contributed by atoms with Crippen molar-refractivity contribution >= 4 is 36.4 Å². The second kappa shape index (κ2) is 13.5. The SMILES string of the molecule is C[C@@H]1CN(CC(=O)N2CC(C)(C)c3c2cc(Cc2ccc(F)cc2)c[n+]3[O-])[C@@H](CN2[C@H](C)COC[C@H]2C)CN1.Cl.Cl. The van der Waals surface area contributed by atoms with Crippen molar-refractivity contribution in [1.82, 2.24) is 15.1 Å². The van der Waals surface area contributed by atoms with Crippen molar-refractivity contribution in [2.45, 2.75) is 70.6 Å². The van der Waals surface area contributed by atoms with Crippen LogP contribution >= 0.6 is 24.8 Å². The van der Waals surface area contributed by atoms with Gasteiger partial charge in [0.05, 0.1) is 25.2 Å². The largest absolute Gasteiger partial charge is 0.618 e. The van der Waals surface area contributed by atoms with Gasteiger partial charge in [0.1, 0.15) is 11.5 Å². The van der Waals surface area contributed by atoms with Crippen molar-refractivity contribution in [1.29, 1.82) is 0 Å². The van der Waals surface area contributed by atoms with Gasteiger partial charge in [-0.15, -0.1) is 24.8 Å². The van der Waals surface area contributed by atoms with Crippen LogP contribution in [-0.2, 0) is 21.4 Å². The molecule has 0 radical (unpaired) electrons. The van der Waals surface area contributed by atoms with Crippen molar-refractivity contribution in [2.24, 2.45) is 0 Å². The standard InChI is InChI=1S/C30H42FN5O3.2ClH/c1-20-13-33(26(12-32-20)15-34-21(2)17-39-18-22(34)3)16-28(37)35-19-30(4,5)29-27(35)11-24(14-36(29)38)10-23-6-8-25(31)9-7-23;;/h6-9,11,14,20-22,26,32H,10,12-13,15-19H2,1-5H3;2*1H/t20-,21-,22-,26-;;/m1../s1. The number of morpholine rings is 1. The predicted molar refractivity (Wildman–Crippen MR) is 164 cm³/mol. The third-order valence-corrected chi connectivity index (χ3v) is 8.51. The molecule has 4 atom stereocenters. The van der Waals surface area contributed by atoms with Gasteiger partial charge in [0.15, 0.2) is 6.20 Å². The molecule has 228 valence electrons. The van der Waals surface area contributed by atoms with Gasteiger partial charge < -0.3 is 20.2 Å². The summed E-state index contributed by atoms with van der Waals surface area (Å²) in [6.45, 7) is 15.3. The van der Waals surface area contributed by atoms with Gasteiger partial charge in [-0.1, -0.05) is 12.1 Å². The first-order valence-corrected chi connectivity index (χ1v) is 14.1. The number of piperazine rings is 1. The Labute approximate surface area is 255 Å². The summed E-state index contributed by atoms with van der Waals surface area (Å²) < 4.78 is 20.1. The molecule has 8 nitrogen and oxygen atoms in total. The number of amides is 1. The molecule has 1 aromatic carbocycles. The normalized spacial score (nSPS) is 26.1. The van der Waals surface area contributed by atoms with Crippen LogP contribution in [0.4, 0.5) is 10.1 Å². The van der Waals surface area contributed by atoms with E-state index >= 15 is 0 Å². The van der Waals surface area contributed by atoms with Gasteiger partial charge in [-0.25, -0.2) is 4.39 Å². The third-order valence-electron chi connectivity index (χ3n) is 8.51. The van der Waals surface area contributed by atoms with Crippen LogP contribution in [0.5, 0.6) is 0 Å². The minimum atomic E-state index is -0.462. The summed E-state index contributed by atoms with van der Waals surface area (Å²) in [5.74, 6) is -0.272. The molecule has 0 bridgehead atoms. The zero-order valence-corrected chi connectivity index (χ0v) is 26.3. The minimum absolute atomic E-state index is 0. The van der Waals surface area contributed by atoms with Crippen molar-refractivity contribution in [3.63, 3.8) is 0 Å². The summed E-state index contributed by atoms with van der Waals surface area (Å²) in [6, 6.07) is 9.45. The van der Waals surface area contributed by atoms with E-state index in [1.807, 2.05) is 24.8 Å². The zero-order valence-electron chi connectivity index (χ0n) is 24.6. The first-order chi connectivity index (χ1) is 18.5. The lowest BCUT2D eigenvalue weighted by atomic mass is 9.91. The molecule has 0 unspecified atom stereocenters. The zero-order chi connectivity index (χ0) is 27.9. The molecule has 11 heteroatoms. The number of hydrogen-bond acceptors (Lipinski definition) is 6. The Morgan fingerprint density at radius 1 is 1.12 bits per heavy atom. The van der Waals surface area contributed by atoms with E-state index in [9.17, 15) is 14.4 Å². The highest BCUT2D eigenvalue weighted by molar-refractivity contribution is 5.97. The second-order valence-electron chi connectivity index (χ2n) is 12.4. The lowest BCUT2D eigenvalue weighted by Crippen LogP contribution is -2.63. The monoisotopic (exact) mass is 611 g/mol. The molecule has 5 rings (SSSR count). The molecule has 1 N–H and O–H groups in total. The van der Waals surface area contributed by atoms with Crippen LogP contribution in [0.3, 0.4) is 0 Å². The molecular formula is C30H44Cl2FN5O3. The summed E-state index contributed by atoms with van der Waals surface area (Å²) >= 11 is 0. The summed E-state index contributed by atoms with van der Waals surface area (Å²) in [4.78, 5) is 20.6. The minimum Gasteiger partial charge on any atom is -0.618 e. The van der Waals surface area contributed by atoms with E-state index in [4.69, 9.17) is 4.74 Å². The summed E-state index contributed by atoms with van der Waals surface area (Å²) in [5, 5.41) is 16.8. The Morgan fingerprint density at radius 2 is 1.78 bits per heavy atom. The van der Waals surface area contributed by atoms with Crippen LogP contribution in [0, 0.1) is 11.0 Å². The fourth-order valence-electron chi connectivity index (χ4n) is 6.48. The maximum atomic E-state index is 13.9. The van der Waals surface area contributed by atoms with E-state index in [1.54, 1.807) is 18.3 Å². The smallest absolute Gasteiger partial charge is 0.241 e. The number of aromatic nitrogens is 1. The van der Waals surface area contributed by atoms with Gasteiger partial charge in [0.2, 0.25) is 11.6 Å². The van der Waals surface area contributed by atoms with Gasteiger partial charge in [0.25, 0.3) is 0 Å². The Hall–Kier alpha value is -2.01. The van der Waals surface area contributed by atoms with E-state index in [0.29, 0.717) is 49.0 Å². The lowest BCUT2D eigenvalue weighted by Gasteiger charge is -2.45. The maximum Gasteiger partial charge on any atom is 0.241 e. The van der Waals surface area contributed by atoms with Crippen LogP contribution in [-0.4, -0.2) is 85.8 Å². The highest BCUT2D eigenvalue weighted by atomic mass is 35.5. The number of hydrogen-bond donors (Lipinski definition) is 1. The van der Waals surface area contributed by atoms with Gasteiger partial charge >= 0.3 is 0 Å². The van der Waals surface area contributed by atoms with E-state index in [-0.39, 0.29) is 42.6 Å². The maximum absolute atomic E-state index is 13.9. The van der Waals surface area contributed by atoms with Crippen molar-refractivity contribution in [3.05, 3.63) is 64.4 Å². The highest BCUT2D eigenvalue weighted by Gasteiger charge is 2.45. The second-order valence-corrected chi connectivity index (χ2v) is 12.4. The number of halogens is 3. The van der Waals surface area contributed by atoms with Crippen molar-refractivity contribution in [2.75, 3.05) is 50.8 Å². The quantitative estimate of drug-likeness (QED) is 0.399. The number of rotatable bonds is 6. The molecule has 3 aliphatic rings. The Balaban J connectivity index is 0.00000231. The molecule has 3 aliphatic heterocycles. The van der Waals surface area contributed by atoms with Crippen molar-refractivity contribution < 1.29 is 18.7 Å². The van der Waals surface area contributed by atoms with Gasteiger partial charge in [-0.2, -0.15) is 4.73 Å². The molecule has 0 aliphatic carbocycles. The average molecular weight is 613 g/mol. The van der Waals surface area contributed by atoms with E-state index in [0.717, 1.165) is 48.7 Å². The highest BCUT2D eigenvalue weighted by Crippen LogP contribution is 2.39. The third kappa shape index (κ3) is 7.32. The fraction of sp³-hybridized carbons (Fsp3) is 0.600. The molecule has 1 amide bonds. The van der Waals surface area contributed by atoms with Crippen LogP contribution < -0.4 is 14.9 Å². The number of ether oxygens (including phenoxy) is 1. The molecular weight excluding hydrogens is 568 g/mol. The molecule has 0 saturated carbocycles. The number of carbonyl (C=O) groups is 1. The molecule has 1 aromatic heterocycles. The molecule has 2 aromatic rings. The predicted octanol–water partition coefficient (Wildman–Crippen LogP) is 3.29. The number of benzene rings is 1. The average Bonchev–Trinajstić information content (AvgIpc) is 3.15. The Bertz CT molecular complexity index is 1190. The molecule has 0 spiro atoms. The fourth-order valence-corrected chi connectivity index (χ4v) is 6.48.